The van der Waals surface area contributed by atoms with Crippen LogP contribution < -0.4 is 9.62 Å². The summed E-state index contributed by atoms with van der Waals surface area (Å²) in [6.45, 7) is 0. The number of nitrogens with zero attached hydrogens (tertiary/aromatic N) is 2. The molecule has 6 rings (SSSR count). The van der Waals surface area contributed by atoms with Crippen molar-refractivity contribution in [2.24, 2.45) is 0 Å². The number of para-hydroxylation sites is 1. The quantitative estimate of drug-likeness (QED) is 0.504. The predicted molar refractivity (Wildman–Crippen MR) is 134 cm³/mol. The molecule has 2 fully saturated rings. The van der Waals surface area contributed by atoms with E-state index in [1.54, 1.807) is 42.5 Å². The Hall–Kier alpha value is -3.17. The zero-order valence-electron chi connectivity index (χ0n) is 18.5. The topological polar surface area (TPSA) is 86.8 Å². The van der Waals surface area contributed by atoms with Gasteiger partial charge in [-0.05, 0) is 29.3 Å². The molecule has 2 amide bonds. The van der Waals surface area contributed by atoms with Gasteiger partial charge in [-0.1, -0.05) is 82.7 Å². The van der Waals surface area contributed by atoms with Crippen LogP contribution in [0.3, 0.4) is 0 Å². The molecule has 178 valence electrons. The third-order valence-electron chi connectivity index (χ3n) is 7.06. The van der Waals surface area contributed by atoms with Crippen molar-refractivity contribution in [3.05, 3.63) is 96.1 Å². The van der Waals surface area contributed by atoms with E-state index in [2.05, 4.69) is 21.2 Å². The second kappa shape index (κ2) is 7.93. The Balaban J connectivity index is 1.47. The van der Waals surface area contributed by atoms with Crippen LogP contribution in [0, 0.1) is 0 Å². The monoisotopic (exact) mass is 551 g/mol. The molecule has 4 atom stereocenters. The Morgan fingerprint density at radius 1 is 0.914 bits per heavy atom. The minimum Gasteiger partial charge on any atom is -0.342 e. The molecule has 0 unspecified atom stereocenters. The maximum absolute atomic E-state index is 14.0. The largest absolute Gasteiger partial charge is 0.342 e. The van der Waals surface area contributed by atoms with Gasteiger partial charge in [-0.3, -0.25) is 9.59 Å². The SMILES string of the molecule is O=C1N[C@@H](Cc2ccccc2)C(=O)N2[C@@H]1C[C@]1(Br)c3ccccc3N(S(=O)(=O)c3ccccc3)[C@H]21. The van der Waals surface area contributed by atoms with Crippen molar-refractivity contribution < 1.29 is 18.0 Å². The van der Waals surface area contributed by atoms with Crippen LogP contribution in [-0.4, -0.2) is 43.4 Å². The number of sulfonamides is 1. The molecule has 9 heteroatoms. The van der Waals surface area contributed by atoms with Crippen molar-refractivity contribution in [2.45, 2.75) is 40.3 Å². The Kier molecular flexibility index (Phi) is 5.05. The summed E-state index contributed by atoms with van der Waals surface area (Å²) in [5, 5.41) is 2.88. The fourth-order valence-electron chi connectivity index (χ4n) is 5.53. The zero-order valence-corrected chi connectivity index (χ0v) is 20.9. The summed E-state index contributed by atoms with van der Waals surface area (Å²) in [6, 6.07) is 23.3. The lowest BCUT2D eigenvalue weighted by molar-refractivity contribution is -0.148. The first-order valence-electron chi connectivity index (χ1n) is 11.4. The molecular formula is C26H22BrN3O4S. The zero-order chi connectivity index (χ0) is 24.4. The number of halogens is 1. The molecule has 3 aliphatic heterocycles. The van der Waals surface area contributed by atoms with Gasteiger partial charge in [0.15, 0.2) is 0 Å². The van der Waals surface area contributed by atoms with E-state index in [4.69, 9.17) is 0 Å². The number of anilines is 1. The van der Waals surface area contributed by atoms with E-state index < -0.39 is 32.6 Å². The van der Waals surface area contributed by atoms with E-state index >= 15 is 0 Å². The standard InChI is InChI=1S/C26H22BrN3O4S/c27-26-16-22-23(31)28-20(15-17-9-3-1-4-10-17)24(32)29(22)25(26)30(21-14-8-7-13-19(21)26)35(33,34)18-11-5-2-6-12-18/h1-14,20,22,25H,15-16H2,(H,28,31)/t20-,22+,25-,26-/m0/s1. The lowest BCUT2D eigenvalue weighted by atomic mass is 9.95. The van der Waals surface area contributed by atoms with Gasteiger partial charge in [0, 0.05) is 12.8 Å². The molecule has 3 aliphatic rings. The van der Waals surface area contributed by atoms with Crippen LogP contribution in [-0.2, 0) is 30.4 Å². The summed E-state index contributed by atoms with van der Waals surface area (Å²) in [5.41, 5.74) is 2.17. The number of fused-ring (bicyclic) bond motifs is 5. The number of alkyl halides is 1. The number of hydrogen-bond donors (Lipinski definition) is 1. The van der Waals surface area contributed by atoms with E-state index in [0.29, 0.717) is 12.1 Å². The molecule has 0 saturated carbocycles. The van der Waals surface area contributed by atoms with Crippen LogP contribution in [0.1, 0.15) is 17.5 Å². The normalized spacial score (nSPS) is 27.3. The Morgan fingerprint density at radius 3 is 2.26 bits per heavy atom. The summed E-state index contributed by atoms with van der Waals surface area (Å²) in [7, 11) is -4.03. The van der Waals surface area contributed by atoms with E-state index in [1.807, 2.05) is 42.5 Å². The number of nitrogens with one attached hydrogen (secondary N) is 1. The fourth-order valence-corrected chi connectivity index (χ4v) is 8.42. The molecule has 3 aromatic carbocycles. The highest BCUT2D eigenvalue weighted by atomic mass is 79.9. The van der Waals surface area contributed by atoms with Crippen LogP contribution in [0.4, 0.5) is 5.69 Å². The summed E-state index contributed by atoms with van der Waals surface area (Å²) in [6.07, 6.45) is -0.313. The number of hydrogen-bond acceptors (Lipinski definition) is 4. The number of benzene rings is 3. The molecule has 0 spiro atoms. The molecule has 0 bridgehead atoms. The first-order valence-corrected chi connectivity index (χ1v) is 13.6. The van der Waals surface area contributed by atoms with E-state index in [9.17, 15) is 18.0 Å². The summed E-state index contributed by atoms with van der Waals surface area (Å²) < 4.78 is 28.4. The van der Waals surface area contributed by atoms with E-state index in [0.717, 1.165) is 11.1 Å². The lowest BCUT2D eigenvalue weighted by Crippen LogP contribution is -2.66. The van der Waals surface area contributed by atoms with Crippen molar-refractivity contribution in [2.75, 3.05) is 4.31 Å². The molecule has 1 N–H and O–H groups in total. The summed E-state index contributed by atoms with van der Waals surface area (Å²) >= 11 is 3.83. The average Bonchev–Trinajstić information content (AvgIpc) is 3.31. The van der Waals surface area contributed by atoms with Gasteiger partial charge in [0.1, 0.15) is 18.2 Å². The van der Waals surface area contributed by atoms with Crippen molar-refractivity contribution >= 4 is 43.5 Å². The second-order valence-corrected chi connectivity index (χ2v) is 12.3. The number of rotatable bonds is 4. The fraction of sp³-hybridized carbons (Fsp3) is 0.231. The second-order valence-electron chi connectivity index (χ2n) is 9.08. The maximum Gasteiger partial charge on any atom is 0.266 e. The van der Waals surface area contributed by atoms with Gasteiger partial charge in [-0.25, -0.2) is 12.7 Å². The van der Waals surface area contributed by atoms with Crippen molar-refractivity contribution in [3.8, 4) is 0 Å². The molecule has 0 aliphatic carbocycles. The highest BCUT2D eigenvalue weighted by Gasteiger charge is 2.66. The van der Waals surface area contributed by atoms with E-state index in [1.165, 1.54) is 9.21 Å². The minimum absolute atomic E-state index is 0.129. The molecule has 3 heterocycles. The molecule has 0 aromatic heterocycles. The molecular weight excluding hydrogens is 530 g/mol. The molecule has 7 nitrogen and oxygen atoms in total. The number of amides is 2. The number of carbonyl (C=O) groups is 2. The van der Waals surface area contributed by atoms with Crippen molar-refractivity contribution in [1.82, 2.24) is 10.2 Å². The highest BCUT2D eigenvalue weighted by molar-refractivity contribution is 9.09. The first kappa shape index (κ1) is 22.3. The Bertz CT molecular complexity index is 1430. The molecule has 3 aromatic rings. The Labute approximate surface area is 211 Å². The first-order chi connectivity index (χ1) is 16.8. The van der Waals surface area contributed by atoms with Gasteiger partial charge in [0.25, 0.3) is 10.0 Å². The lowest BCUT2D eigenvalue weighted by Gasteiger charge is -2.41. The number of carbonyl (C=O) groups excluding carboxylic acids is 2. The highest BCUT2D eigenvalue weighted by Crippen LogP contribution is 2.59. The van der Waals surface area contributed by atoms with Gasteiger partial charge < -0.3 is 10.2 Å². The van der Waals surface area contributed by atoms with Crippen LogP contribution in [0.25, 0.3) is 0 Å². The van der Waals surface area contributed by atoms with E-state index in [-0.39, 0.29) is 23.1 Å². The molecule has 2 saturated heterocycles. The molecule has 0 radical (unpaired) electrons. The predicted octanol–water partition coefficient (Wildman–Crippen LogP) is 3.15. The van der Waals surface area contributed by atoms with Crippen LogP contribution in [0.15, 0.2) is 89.8 Å². The maximum atomic E-state index is 14.0. The third kappa shape index (κ3) is 3.25. The van der Waals surface area contributed by atoms with Gasteiger partial charge in [0.05, 0.1) is 14.9 Å². The van der Waals surface area contributed by atoms with Crippen LogP contribution in [0.2, 0.25) is 0 Å². The summed E-state index contributed by atoms with van der Waals surface area (Å²) in [5.74, 6) is -0.556. The minimum atomic E-state index is -4.03. The average molecular weight is 552 g/mol. The van der Waals surface area contributed by atoms with Crippen LogP contribution in [0.5, 0.6) is 0 Å². The van der Waals surface area contributed by atoms with Gasteiger partial charge in [-0.15, -0.1) is 0 Å². The van der Waals surface area contributed by atoms with Gasteiger partial charge in [0.2, 0.25) is 11.8 Å². The smallest absolute Gasteiger partial charge is 0.266 e. The molecule has 35 heavy (non-hydrogen) atoms. The Morgan fingerprint density at radius 2 is 1.54 bits per heavy atom. The van der Waals surface area contributed by atoms with Gasteiger partial charge in [-0.2, -0.15) is 0 Å². The number of piperazine rings is 1. The van der Waals surface area contributed by atoms with Crippen molar-refractivity contribution in [1.29, 1.82) is 0 Å². The third-order valence-corrected chi connectivity index (χ3v) is 10.0. The van der Waals surface area contributed by atoms with Crippen LogP contribution >= 0.6 is 15.9 Å². The van der Waals surface area contributed by atoms with Crippen molar-refractivity contribution in [3.63, 3.8) is 0 Å². The summed E-state index contributed by atoms with van der Waals surface area (Å²) in [4.78, 5) is 28.7. The van der Waals surface area contributed by atoms with Gasteiger partial charge >= 0.3 is 0 Å².